The molecule has 222 valence electrons. The molecule has 0 bridgehead atoms. The lowest BCUT2D eigenvalue weighted by atomic mass is 9.70. The number of benzene rings is 2. The van der Waals surface area contributed by atoms with Crippen molar-refractivity contribution >= 4 is 28.5 Å². The maximum atomic E-state index is 14.4. The number of aromatic nitrogens is 4. The standard InChI is InChI=1S/C36H34FN5O2/c1-5-21(2)16-29-23(4)34(43)41(35(29)44)36(14-7-15-36)27-12-10-24(11-13-27)32-30(25-8-6-9-28(37)18-25)19-26-20-38-31-17-22(3)40-42(31)33(26)39-32/h6,8-13,17-21H,5,7,14-16H2,1-4H3. The largest absolute Gasteiger partial charge is 0.269 e. The fraction of sp³-hybridized carbons (Fsp3) is 0.306. The van der Waals surface area contributed by atoms with Crippen molar-refractivity contribution in [2.45, 2.75) is 65.3 Å². The predicted octanol–water partition coefficient (Wildman–Crippen LogP) is 7.56. The van der Waals surface area contributed by atoms with Crippen LogP contribution < -0.4 is 0 Å². The summed E-state index contributed by atoms with van der Waals surface area (Å²) in [6.45, 7) is 7.93. The number of fused-ring (bicyclic) bond motifs is 3. The third-order valence-electron chi connectivity index (χ3n) is 9.51. The second-order valence-corrected chi connectivity index (χ2v) is 12.4. The quantitative estimate of drug-likeness (QED) is 0.184. The van der Waals surface area contributed by atoms with Crippen molar-refractivity contribution in [3.63, 3.8) is 0 Å². The Kier molecular flexibility index (Phi) is 6.68. The number of imide groups is 1. The van der Waals surface area contributed by atoms with Crippen LogP contribution in [0.1, 0.15) is 64.1 Å². The van der Waals surface area contributed by atoms with E-state index < -0.39 is 5.54 Å². The Balaban J connectivity index is 1.32. The predicted molar refractivity (Wildman–Crippen MR) is 168 cm³/mol. The molecule has 4 heterocycles. The molecule has 7 rings (SSSR count). The molecule has 2 aliphatic rings. The van der Waals surface area contributed by atoms with Crippen LogP contribution in [0.3, 0.4) is 0 Å². The van der Waals surface area contributed by atoms with Gasteiger partial charge in [0, 0.05) is 39.9 Å². The second kappa shape index (κ2) is 10.5. The lowest BCUT2D eigenvalue weighted by Crippen LogP contribution is -2.54. The number of aryl methyl sites for hydroxylation is 1. The Morgan fingerprint density at radius 3 is 2.43 bits per heavy atom. The first-order valence-electron chi connectivity index (χ1n) is 15.3. The van der Waals surface area contributed by atoms with Gasteiger partial charge in [-0.25, -0.2) is 14.4 Å². The number of rotatable bonds is 7. The number of pyridine rings is 1. The maximum Gasteiger partial charge on any atom is 0.257 e. The third kappa shape index (κ3) is 4.34. The zero-order chi connectivity index (χ0) is 30.7. The smallest absolute Gasteiger partial charge is 0.257 e. The fourth-order valence-corrected chi connectivity index (χ4v) is 6.65. The van der Waals surface area contributed by atoms with E-state index in [0.717, 1.165) is 53.5 Å². The van der Waals surface area contributed by atoms with E-state index in [1.165, 1.54) is 17.0 Å². The number of nitrogens with zero attached hydrogens (tertiary/aromatic N) is 5. The highest BCUT2D eigenvalue weighted by Crippen LogP contribution is 2.50. The maximum absolute atomic E-state index is 14.4. The van der Waals surface area contributed by atoms with Crippen molar-refractivity contribution in [2.24, 2.45) is 5.92 Å². The first-order chi connectivity index (χ1) is 21.2. The summed E-state index contributed by atoms with van der Waals surface area (Å²) in [5.41, 5.74) is 6.69. The van der Waals surface area contributed by atoms with E-state index in [2.05, 4.69) is 23.9 Å². The van der Waals surface area contributed by atoms with E-state index in [-0.39, 0.29) is 17.6 Å². The third-order valence-corrected chi connectivity index (χ3v) is 9.51. The highest BCUT2D eigenvalue weighted by Gasteiger charge is 2.53. The average molecular weight is 588 g/mol. The molecule has 0 spiro atoms. The molecule has 1 unspecified atom stereocenters. The summed E-state index contributed by atoms with van der Waals surface area (Å²) in [4.78, 5) is 38.5. The van der Waals surface area contributed by atoms with Crippen molar-refractivity contribution in [1.29, 1.82) is 0 Å². The second-order valence-electron chi connectivity index (χ2n) is 12.4. The van der Waals surface area contributed by atoms with Gasteiger partial charge in [0.1, 0.15) is 5.82 Å². The van der Waals surface area contributed by atoms with Gasteiger partial charge in [-0.3, -0.25) is 14.5 Å². The zero-order valence-electron chi connectivity index (χ0n) is 25.4. The van der Waals surface area contributed by atoms with Crippen molar-refractivity contribution < 1.29 is 14.0 Å². The molecule has 1 aliphatic heterocycles. The van der Waals surface area contributed by atoms with Crippen LogP contribution in [-0.2, 0) is 15.1 Å². The number of halogens is 1. The first kappa shape index (κ1) is 28.1. The summed E-state index contributed by atoms with van der Waals surface area (Å²) in [7, 11) is 0. The molecule has 0 N–H and O–H groups in total. The number of carbonyl (C=O) groups is 2. The summed E-state index contributed by atoms with van der Waals surface area (Å²) in [6.07, 6.45) is 5.76. The molecule has 7 nitrogen and oxygen atoms in total. The van der Waals surface area contributed by atoms with Crippen LogP contribution in [0.4, 0.5) is 4.39 Å². The molecule has 0 saturated heterocycles. The number of hydrogen-bond donors (Lipinski definition) is 0. The number of hydrogen-bond acceptors (Lipinski definition) is 5. The molecule has 44 heavy (non-hydrogen) atoms. The minimum atomic E-state index is -0.655. The van der Waals surface area contributed by atoms with Crippen LogP contribution in [0.15, 0.2) is 78.0 Å². The van der Waals surface area contributed by atoms with Crippen LogP contribution >= 0.6 is 0 Å². The number of amides is 2. The normalized spacial score (nSPS) is 17.2. The van der Waals surface area contributed by atoms with E-state index in [9.17, 15) is 14.0 Å². The van der Waals surface area contributed by atoms with Crippen LogP contribution in [0.2, 0.25) is 0 Å². The summed E-state index contributed by atoms with van der Waals surface area (Å²) < 4.78 is 16.1. The molecular weight excluding hydrogens is 553 g/mol. The fourth-order valence-electron chi connectivity index (χ4n) is 6.65. The Hall–Kier alpha value is -4.72. The van der Waals surface area contributed by atoms with Crippen LogP contribution in [0, 0.1) is 18.7 Å². The molecular formula is C36H34FN5O2. The van der Waals surface area contributed by atoms with Crippen molar-refractivity contribution in [2.75, 3.05) is 0 Å². The molecule has 8 heteroatoms. The van der Waals surface area contributed by atoms with Crippen molar-refractivity contribution in [3.05, 3.63) is 95.1 Å². The van der Waals surface area contributed by atoms with Crippen LogP contribution in [0.5, 0.6) is 0 Å². The Morgan fingerprint density at radius 1 is 0.977 bits per heavy atom. The molecule has 5 aromatic rings. The van der Waals surface area contributed by atoms with Gasteiger partial charge in [0.25, 0.3) is 11.8 Å². The van der Waals surface area contributed by atoms with Gasteiger partial charge in [-0.05, 0) is 74.8 Å². The highest BCUT2D eigenvalue weighted by molar-refractivity contribution is 6.19. The molecule has 1 aliphatic carbocycles. The van der Waals surface area contributed by atoms with Gasteiger partial charge < -0.3 is 0 Å². The SMILES string of the molecule is CCC(C)CC1=C(C)C(=O)N(C2(c3ccc(-c4nc5c(cnc6cc(C)nn65)cc4-c4cccc(F)c4)cc3)CCC2)C1=O. The minimum absolute atomic E-state index is 0.145. The van der Waals surface area contributed by atoms with Gasteiger partial charge >= 0.3 is 0 Å². The van der Waals surface area contributed by atoms with Crippen molar-refractivity contribution in [1.82, 2.24) is 24.5 Å². The highest BCUT2D eigenvalue weighted by atomic mass is 19.1. The van der Waals surface area contributed by atoms with Gasteiger partial charge in [0.15, 0.2) is 11.3 Å². The Morgan fingerprint density at radius 2 is 1.75 bits per heavy atom. The minimum Gasteiger partial charge on any atom is -0.269 e. The lowest BCUT2D eigenvalue weighted by molar-refractivity contribution is -0.150. The first-order valence-corrected chi connectivity index (χ1v) is 15.3. The molecule has 1 saturated carbocycles. The van der Waals surface area contributed by atoms with E-state index in [1.54, 1.807) is 23.7 Å². The van der Waals surface area contributed by atoms with Crippen molar-refractivity contribution in [3.8, 4) is 22.4 Å². The van der Waals surface area contributed by atoms with Gasteiger partial charge in [-0.15, -0.1) is 0 Å². The Bertz CT molecular complexity index is 2010. The molecule has 2 aromatic carbocycles. The van der Waals surface area contributed by atoms with E-state index in [1.807, 2.05) is 49.4 Å². The van der Waals surface area contributed by atoms with E-state index in [4.69, 9.17) is 4.98 Å². The summed E-state index contributed by atoms with van der Waals surface area (Å²) in [6, 6.07) is 18.4. The summed E-state index contributed by atoms with van der Waals surface area (Å²) in [5, 5.41) is 5.40. The van der Waals surface area contributed by atoms with Gasteiger partial charge in [0.05, 0.1) is 16.9 Å². The van der Waals surface area contributed by atoms with Crippen LogP contribution in [0.25, 0.3) is 39.1 Å². The van der Waals surface area contributed by atoms with E-state index >= 15 is 0 Å². The molecule has 1 fully saturated rings. The molecule has 3 aromatic heterocycles. The molecule has 2 amide bonds. The zero-order valence-corrected chi connectivity index (χ0v) is 25.4. The van der Waals surface area contributed by atoms with Crippen LogP contribution in [-0.4, -0.2) is 36.3 Å². The van der Waals surface area contributed by atoms with Gasteiger partial charge in [0.2, 0.25) is 0 Å². The summed E-state index contributed by atoms with van der Waals surface area (Å²) >= 11 is 0. The van der Waals surface area contributed by atoms with Gasteiger partial charge in [-0.1, -0.05) is 56.7 Å². The van der Waals surface area contributed by atoms with Gasteiger partial charge in [-0.2, -0.15) is 9.61 Å². The Labute approximate surface area is 255 Å². The summed E-state index contributed by atoms with van der Waals surface area (Å²) in [5.74, 6) is -0.316. The number of carbonyl (C=O) groups excluding carboxylic acids is 2. The van der Waals surface area contributed by atoms with E-state index in [0.29, 0.717) is 46.0 Å². The average Bonchev–Trinajstić information content (AvgIpc) is 3.49. The molecule has 0 radical (unpaired) electrons. The monoisotopic (exact) mass is 587 g/mol. The topological polar surface area (TPSA) is 80.5 Å². The molecule has 1 atom stereocenters. The lowest BCUT2D eigenvalue weighted by Gasteiger charge is -2.48.